The van der Waals surface area contributed by atoms with E-state index in [9.17, 15) is 4.79 Å². The summed E-state index contributed by atoms with van der Waals surface area (Å²) in [5, 5.41) is 3.83. The molecule has 1 aromatic heterocycles. The fourth-order valence-corrected chi connectivity index (χ4v) is 2.70. The highest BCUT2D eigenvalue weighted by atomic mass is 16.5. The Balaban J connectivity index is 1.70. The van der Waals surface area contributed by atoms with Gasteiger partial charge in [0.25, 0.3) is 0 Å². The highest BCUT2D eigenvalue weighted by Crippen LogP contribution is 2.27. The fraction of sp³-hybridized carbons (Fsp3) is 0.250. The van der Waals surface area contributed by atoms with Gasteiger partial charge < -0.3 is 19.4 Å². The number of amides is 1. The van der Waals surface area contributed by atoms with E-state index in [-0.39, 0.29) is 12.5 Å². The average Bonchev–Trinajstić information content (AvgIpc) is 3.04. The molecule has 130 valence electrons. The molecule has 3 rings (SSSR count). The van der Waals surface area contributed by atoms with E-state index in [1.54, 1.807) is 7.11 Å². The van der Waals surface area contributed by atoms with Crippen molar-refractivity contribution in [3.05, 3.63) is 66.4 Å². The number of aromatic nitrogens is 1. The second kappa shape index (κ2) is 8.35. The summed E-state index contributed by atoms with van der Waals surface area (Å²) in [6, 6.07) is 17.9. The van der Waals surface area contributed by atoms with Gasteiger partial charge in [0.05, 0.1) is 12.1 Å². The van der Waals surface area contributed by atoms with Crippen LogP contribution in [0.4, 0.5) is 0 Å². The van der Waals surface area contributed by atoms with Crippen molar-refractivity contribution >= 4 is 16.8 Å². The van der Waals surface area contributed by atoms with E-state index in [0.29, 0.717) is 19.8 Å². The van der Waals surface area contributed by atoms with E-state index in [2.05, 4.69) is 5.32 Å². The van der Waals surface area contributed by atoms with Crippen molar-refractivity contribution in [2.24, 2.45) is 0 Å². The molecule has 0 aliphatic heterocycles. The van der Waals surface area contributed by atoms with Gasteiger partial charge in [-0.05, 0) is 23.8 Å². The Kier molecular flexibility index (Phi) is 5.69. The lowest BCUT2D eigenvalue weighted by atomic mass is 10.2. The molecule has 3 aromatic rings. The van der Waals surface area contributed by atoms with E-state index in [1.165, 1.54) is 0 Å². The summed E-state index contributed by atoms with van der Waals surface area (Å²) in [7, 11) is 1.61. The van der Waals surface area contributed by atoms with Crippen LogP contribution in [0.3, 0.4) is 0 Å². The first-order chi connectivity index (χ1) is 12.3. The topological polar surface area (TPSA) is 52.5 Å². The Bertz CT molecular complexity index is 827. The minimum atomic E-state index is -0.0369. The number of rotatable bonds is 8. The highest BCUT2D eigenvalue weighted by molar-refractivity contribution is 5.88. The summed E-state index contributed by atoms with van der Waals surface area (Å²) in [6.45, 7) is 1.81. The molecule has 2 aromatic carbocycles. The summed E-state index contributed by atoms with van der Waals surface area (Å²) < 4.78 is 12.8. The molecular formula is C20H22N2O3. The van der Waals surface area contributed by atoms with Crippen LogP contribution in [-0.4, -0.2) is 30.7 Å². The van der Waals surface area contributed by atoms with Crippen molar-refractivity contribution in [1.82, 2.24) is 9.88 Å². The molecule has 0 aliphatic carbocycles. The summed E-state index contributed by atoms with van der Waals surface area (Å²) in [5.41, 5.74) is 2.10. The molecule has 0 saturated heterocycles. The van der Waals surface area contributed by atoms with Crippen LogP contribution in [0.15, 0.2) is 60.8 Å². The maximum Gasteiger partial charge on any atom is 0.240 e. The second-order valence-electron chi connectivity index (χ2n) is 5.75. The molecule has 5 nitrogen and oxygen atoms in total. The number of fused-ring (bicyclic) bond motifs is 1. The van der Waals surface area contributed by atoms with Gasteiger partial charge in [-0.15, -0.1) is 0 Å². The van der Waals surface area contributed by atoms with Crippen molar-refractivity contribution < 1.29 is 14.3 Å². The van der Waals surface area contributed by atoms with Gasteiger partial charge in [-0.25, -0.2) is 0 Å². The lowest BCUT2D eigenvalue weighted by molar-refractivity contribution is -0.121. The molecule has 0 atom stereocenters. The zero-order chi connectivity index (χ0) is 17.5. The number of benzene rings is 2. The maximum absolute atomic E-state index is 12.0. The first-order valence-corrected chi connectivity index (χ1v) is 8.28. The molecule has 1 amide bonds. The summed E-state index contributed by atoms with van der Waals surface area (Å²) in [5.74, 6) is 0.782. The van der Waals surface area contributed by atoms with Crippen LogP contribution >= 0.6 is 0 Å². The van der Waals surface area contributed by atoms with Gasteiger partial charge in [0.2, 0.25) is 5.91 Å². The summed E-state index contributed by atoms with van der Waals surface area (Å²) in [6.07, 6.45) is 1.91. The van der Waals surface area contributed by atoms with E-state index in [1.807, 2.05) is 65.4 Å². The molecule has 5 heteroatoms. The molecule has 1 N–H and O–H groups in total. The number of nitrogens with zero attached hydrogens (tertiary/aromatic N) is 1. The van der Waals surface area contributed by atoms with Gasteiger partial charge in [0.1, 0.15) is 18.9 Å². The van der Waals surface area contributed by atoms with Crippen LogP contribution in [0.5, 0.6) is 5.75 Å². The third-order valence-electron chi connectivity index (χ3n) is 3.95. The minimum Gasteiger partial charge on any atom is -0.488 e. The Labute approximate surface area is 147 Å². The number of methoxy groups -OCH3 is 1. The highest BCUT2D eigenvalue weighted by Gasteiger charge is 2.09. The predicted octanol–water partition coefficient (Wildman–Crippen LogP) is 2.98. The molecule has 0 aliphatic rings. The molecule has 0 radical (unpaired) electrons. The lowest BCUT2D eigenvalue weighted by Crippen LogP contribution is -2.30. The van der Waals surface area contributed by atoms with Crippen LogP contribution in [0.1, 0.15) is 5.56 Å². The smallest absolute Gasteiger partial charge is 0.240 e. The van der Waals surface area contributed by atoms with Gasteiger partial charge in [-0.2, -0.15) is 0 Å². The minimum absolute atomic E-state index is 0.0369. The third kappa shape index (κ3) is 4.39. The Hall–Kier alpha value is -2.79. The number of hydrogen-bond donors (Lipinski definition) is 1. The van der Waals surface area contributed by atoms with E-state index in [0.717, 1.165) is 22.2 Å². The number of carbonyl (C=O) groups excluding carboxylic acids is 1. The van der Waals surface area contributed by atoms with Crippen molar-refractivity contribution in [2.45, 2.75) is 13.2 Å². The van der Waals surface area contributed by atoms with Crippen molar-refractivity contribution in [3.63, 3.8) is 0 Å². The predicted molar refractivity (Wildman–Crippen MR) is 97.6 cm³/mol. The summed E-state index contributed by atoms with van der Waals surface area (Å²) in [4.78, 5) is 12.0. The zero-order valence-electron chi connectivity index (χ0n) is 14.3. The van der Waals surface area contributed by atoms with Crippen molar-refractivity contribution in [1.29, 1.82) is 0 Å². The Morgan fingerprint density at radius 1 is 1.08 bits per heavy atom. The van der Waals surface area contributed by atoms with E-state index in [4.69, 9.17) is 9.47 Å². The standard InChI is InChI=1S/C20H22N2O3/c1-24-13-11-21-20(23)14-22-12-10-17-18(22)8-5-9-19(17)25-15-16-6-3-2-4-7-16/h2-10,12H,11,13-15H2,1H3,(H,21,23). The number of carbonyl (C=O) groups is 1. The van der Waals surface area contributed by atoms with Crippen LogP contribution in [0, 0.1) is 0 Å². The Morgan fingerprint density at radius 2 is 1.92 bits per heavy atom. The molecule has 0 unspecified atom stereocenters. The molecule has 25 heavy (non-hydrogen) atoms. The number of nitrogens with one attached hydrogen (secondary N) is 1. The largest absolute Gasteiger partial charge is 0.488 e. The molecule has 0 bridgehead atoms. The molecule has 1 heterocycles. The van der Waals surface area contributed by atoms with E-state index < -0.39 is 0 Å². The second-order valence-corrected chi connectivity index (χ2v) is 5.75. The monoisotopic (exact) mass is 338 g/mol. The normalized spacial score (nSPS) is 10.8. The van der Waals surface area contributed by atoms with Gasteiger partial charge >= 0.3 is 0 Å². The van der Waals surface area contributed by atoms with Gasteiger partial charge in [-0.1, -0.05) is 36.4 Å². The summed E-state index contributed by atoms with van der Waals surface area (Å²) >= 11 is 0. The quantitative estimate of drug-likeness (QED) is 0.643. The number of hydrogen-bond acceptors (Lipinski definition) is 3. The average molecular weight is 338 g/mol. The zero-order valence-corrected chi connectivity index (χ0v) is 14.3. The van der Waals surface area contributed by atoms with Crippen molar-refractivity contribution in [3.8, 4) is 5.75 Å². The molecular weight excluding hydrogens is 316 g/mol. The van der Waals surface area contributed by atoms with Gasteiger partial charge in [0.15, 0.2) is 0 Å². The Morgan fingerprint density at radius 3 is 2.72 bits per heavy atom. The first-order valence-electron chi connectivity index (χ1n) is 8.28. The number of ether oxygens (including phenoxy) is 2. The van der Waals surface area contributed by atoms with Crippen molar-refractivity contribution in [2.75, 3.05) is 20.3 Å². The lowest BCUT2D eigenvalue weighted by Gasteiger charge is -2.09. The SMILES string of the molecule is COCCNC(=O)Cn1ccc2c(OCc3ccccc3)cccc21. The van der Waals surface area contributed by atoms with E-state index >= 15 is 0 Å². The van der Waals surface area contributed by atoms with Crippen LogP contribution in [-0.2, 0) is 22.7 Å². The van der Waals surface area contributed by atoms with Crippen LogP contribution < -0.4 is 10.1 Å². The van der Waals surface area contributed by atoms with Crippen LogP contribution in [0.25, 0.3) is 10.9 Å². The third-order valence-corrected chi connectivity index (χ3v) is 3.95. The van der Waals surface area contributed by atoms with Gasteiger partial charge in [-0.3, -0.25) is 4.79 Å². The molecule has 0 fully saturated rings. The van der Waals surface area contributed by atoms with Crippen LogP contribution in [0.2, 0.25) is 0 Å². The molecule has 0 spiro atoms. The molecule has 0 saturated carbocycles. The first kappa shape index (κ1) is 17.0. The maximum atomic E-state index is 12.0. The van der Waals surface area contributed by atoms with Gasteiger partial charge in [0, 0.05) is 25.2 Å². The fourth-order valence-electron chi connectivity index (χ4n) is 2.70.